The number of nitrogens with zero attached hydrogens (tertiary/aromatic N) is 3. The van der Waals surface area contributed by atoms with Gasteiger partial charge in [0.1, 0.15) is 11.6 Å². The van der Waals surface area contributed by atoms with Crippen molar-refractivity contribution in [3.05, 3.63) is 11.6 Å². The summed E-state index contributed by atoms with van der Waals surface area (Å²) < 4.78 is 2.34. The van der Waals surface area contributed by atoms with E-state index in [0.29, 0.717) is 6.04 Å². The summed E-state index contributed by atoms with van der Waals surface area (Å²) in [5, 5.41) is 8.49. The van der Waals surface area contributed by atoms with Crippen molar-refractivity contribution in [2.24, 2.45) is 0 Å². The average Bonchev–Trinajstić information content (AvgIpc) is 2.51. The van der Waals surface area contributed by atoms with Gasteiger partial charge in [0.05, 0.1) is 0 Å². The molecule has 0 spiro atoms. The Kier molecular flexibility index (Phi) is 2.34. The summed E-state index contributed by atoms with van der Waals surface area (Å²) in [7, 11) is 0. The molecule has 0 bridgehead atoms. The third kappa shape index (κ3) is 1.47. The van der Waals surface area contributed by atoms with Crippen LogP contribution >= 0.6 is 0 Å². The Labute approximate surface area is 79.2 Å². The first-order valence-corrected chi connectivity index (χ1v) is 5.25. The Morgan fingerprint density at radius 1 is 1.46 bits per heavy atom. The first-order chi connectivity index (χ1) is 6.33. The van der Waals surface area contributed by atoms with Crippen LogP contribution in [0.15, 0.2) is 0 Å². The van der Waals surface area contributed by atoms with Crippen LogP contribution in [0.2, 0.25) is 0 Å². The smallest absolute Gasteiger partial charge is 0.133 e. The molecule has 0 amide bonds. The van der Waals surface area contributed by atoms with Crippen LogP contribution in [0.3, 0.4) is 0 Å². The molecule has 0 aliphatic carbocycles. The molecular formula is C10H17N3. The fourth-order valence-corrected chi connectivity index (χ4v) is 2.12. The number of hydrogen-bond donors (Lipinski definition) is 0. The van der Waals surface area contributed by atoms with E-state index in [1.807, 2.05) is 0 Å². The predicted molar refractivity (Wildman–Crippen MR) is 51.7 cm³/mol. The molecule has 72 valence electrons. The average molecular weight is 179 g/mol. The van der Waals surface area contributed by atoms with Crippen LogP contribution in [0.4, 0.5) is 0 Å². The molecule has 0 saturated heterocycles. The van der Waals surface area contributed by atoms with Gasteiger partial charge in [-0.05, 0) is 26.2 Å². The molecule has 1 aromatic rings. The van der Waals surface area contributed by atoms with E-state index in [1.165, 1.54) is 24.5 Å². The van der Waals surface area contributed by atoms with Crippen LogP contribution in [-0.2, 0) is 12.8 Å². The Morgan fingerprint density at radius 3 is 3.08 bits per heavy atom. The molecule has 3 heteroatoms. The van der Waals surface area contributed by atoms with Gasteiger partial charge in [0.15, 0.2) is 0 Å². The van der Waals surface area contributed by atoms with E-state index in [4.69, 9.17) is 0 Å². The van der Waals surface area contributed by atoms with Gasteiger partial charge in [-0.2, -0.15) is 0 Å². The molecule has 0 N–H and O–H groups in total. The zero-order chi connectivity index (χ0) is 9.26. The second kappa shape index (κ2) is 3.48. The summed E-state index contributed by atoms with van der Waals surface area (Å²) in [5.41, 5.74) is 0. The molecule has 0 aromatic carbocycles. The number of rotatable bonds is 2. The molecule has 1 unspecified atom stereocenters. The van der Waals surface area contributed by atoms with Gasteiger partial charge in [-0.25, -0.2) is 0 Å². The topological polar surface area (TPSA) is 30.7 Å². The molecule has 0 radical (unpaired) electrons. The second-order valence-electron chi connectivity index (χ2n) is 3.89. The molecular weight excluding hydrogens is 162 g/mol. The van der Waals surface area contributed by atoms with Crippen LogP contribution in [0.25, 0.3) is 0 Å². The van der Waals surface area contributed by atoms with E-state index >= 15 is 0 Å². The standard InChI is InChI=1S/C10H17N3/c1-3-5-9-11-12-10-7-4-6-8(2)13(9)10/h8H,3-7H2,1-2H3. The third-order valence-corrected chi connectivity index (χ3v) is 2.77. The Balaban J connectivity index is 2.32. The van der Waals surface area contributed by atoms with Gasteiger partial charge in [0, 0.05) is 18.9 Å². The highest BCUT2D eigenvalue weighted by Gasteiger charge is 2.20. The maximum Gasteiger partial charge on any atom is 0.133 e. The molecule has 1 atom stereocenters. The van der Waals surface area contributed by atoms with Crippen molar-refractivity contribution in [1.82, 2.24) is 14.8 Å². The largest absolute Gasteiger partial charge is 0.312 e. The third-order valence-electron chi connectivity index (χ3n) is 2.77. The van der Waals surface area contributed by atoms with Gasteiger partial charge >= 0.3 is 0 Å². The number of aromatic nitrogens is 3. The first kappa shape index (κ1) is 8.73. The summed E-state index contributed by atoms with van der Waals surface area (Å²) in [6, 6.07) is 0.611. The van der Waals surface area contributed by atoms with Crippen molar-refractivity contribution < 1.29 is 0 Å². The van der Waals surface area contributed by atoms with E-state index in [2.05, 4.69) is 28.6 Å². The number of fused-ring (bicyclic) bond motifs is 1. The highest BCUT2D eigenvalue weighted by molar-refractivity contribution is 5.01. The molecule has 1 aliphatic rings. The Hall–Kier alpha value is -0.860. The number of hydrogen-bond acceptors (Lipinski definition) is 2. The van der Waals surface area contributed by atoms with Gasteiger partial charge in [-0.1, -0.05) is 6.92 Å². The lowest BCUT2D eigenvalue weighted by Gasteiger charge is -2.22. The molecule has 2 rings (SSSR count). The Morgan fingerprint density at radius 2 is 2.31 bits per heavy atom. The molecule has 1 aliphatic heterocycles. The molecule has 3 nitrogen and oxygen atoms in total. The van der Waals surface area contributed by atoms with Crippen LogP contribution in [0.5, 0.6) is 0 Å². The van der Waals surface area contributed by atoms with E-state index in [-0.39, 0.29) is 0 Å². The zero-order valence-electron chi connectivity index (χ0n) is 8.45. The van der Waals surface area contributed by atoms with Gasteiger partial charge in [0.2, 0.25) is 0 Å². The van der Waals surface area contributed by atoms with Crippen LogP contribution in [0.1, 0.15) is 50.8 Å². The monoisotopic (exact) mass is 179 g/mol. The molecule has 0 fully saturated rings. The fraction of sp³-hybridized carbons (Fsp3) is 0.800. The summed E-state index contributed by atoms with van der Waals surface area (Å²) in [4.78, 5) is 0. The first-order valence-electron chi connectivity index (χ1n) is 5.25. The lowest BCUT2D eigenvalue weighted by atomic mass is 10.1. The minimum absolute atomic E-state index is 0.611. The SMILES string of the molecule is CCCc1nnc2n1C(C)CCC2. The summed E-state index contributed by atoms with van der Waals surface area (Å²) in [5.74, 6) is 2.38. The van der Waals surface area contributed by atoms with Gasteiger partial charge in [-0.15, -0.1) is 10.2 Å². The van der Waals surface area contributed by atoms with Crippen molar-refractivity contribution in [3.8, 4) is 0 Å². The maximum absolute atomic E-state index is 4.25. The summed E-state index contributed by atoms with van der Waals surface area (Å²) in [6.07, 6.45) is 5.89. The van der Waals surface area contributed by atoms with Gasteiger partial charge in [-0.3, -0.25) is 0 Å². The van der Waals surface area contributed by atoms with Crippen molar-refractivity contribution >= 4 is 0 Å². The number of aryl methyl sites for hydroxylation is 2. The van der Waals surface area contributed by atoms with Crippen molar-refractivity contribution in [2.45, 2.75) is 52.0 Å². The van der Waals surface area contributed by atoms with Crippen molar-refractivity contribution in [2.75, 3.05) is 0 Å². The van der Waals surface area contributed by atoms with E-state index in [0.717, 1.165) is 19.3 Å². The normalized spacial score (nSPS) is 21.5. The predicted octanol–water partition coefficient (Wildman–Crippen LogP) is 2.13. The lowest BCUT2D eigenvalue weighted by molar-refractivity contribution is 0.413. The van der Waals surface area contributed by atoms with Crippen molar-refractivity contribution in [1.29, 1.82) is 0 Å². The minimum Gasteiger partial charge on any atom is -0.312 e. The Bertz CT molecular complexity index is 290. The van der Waals surface area contributed by atoms with Crippen LogP contribution in [0, 0.1) is 0 Å². The van der Waals surface area contributed by atoms with Crippen molar-refractivity contribution in [3.63, 3.8) is 0 Å². The molecule has 0 saturated carbocycles. The van der Waals surface area contributed by atoms with Gasteiger partial charge in [0.25, 0.3) is 0 Å². The quantitative estimate of drug-likeness (QED) is 0.696. The van der Waals surface area contributed by atoms with Crippen LogP contribution < -0.4 is 0 Å². The molecule has 1 aromatic heterocycles. The maximum atomic E-state index is 4.25. The molecule has 2 heterocycles. The van der Waals surface area contributed by atoms with Gasteiger partial charge < -0.3 is 4.57 Å². The van der Waals surface area contributed by atoms with Crippen LogP contribution in [-0.4, -0.2) is 14.8 Å². The highest BCUT2D eigenvalue weighted by Crippen LogP contribution is 2.24. The fourth-order valence-electron chi connectivity index (χ4n) is 2.12. The lowest BCUT2D eigenvalue weighted by Crippen LogP contribution is -2.17. The summed E-state index contributed by atoms with van der Waals surface area (Å²) >= 11 is 0. The van der Waals surface area contributed by atoms with E-state index in [9.17, 15) is 0 Å². The van der Waals surface area contributed by atoms with E-state index < -0.39 is 0 Å². The minimum atomic E-state index is 0.611. The highest BCUT2D eigenvalue weighted by atomic mass is 15.3. The van der Waals surface area contributed by atoms with E-state index in [1.54, 1.807) is 0 Å². The second-order valence-corrected chi connectivity index (χ2v) is 3.89. The zero-order valence-corrected chi connectivity index (χ0v) is 8.45. The summed E-state index contributed by atoms with van der Waals surface area (Å²) in [6.45, 7) is 4.46. The molecule has 13 heavy (non-hydrogen) atoms.